The summed E-state index contributed by atoms with van der Waals surface area (Å²) >= 11 is 11.7. The van der Waals surface area contributed by atoms with Crippen molar-refractivity contribution in [2.75, 3.05) is 0 Å². The molecule has 1 aromatic heterocycles. The smallest absolute Gasteiger partial charge is 0.209 e. The molecule has 0 spiro atoms. The van der Waals surface area contributed by atoms with Crippen molar-refractivity contribution < 1.29 is 5.11 Å². The number of hydrogen-bond donors (Lipinski definition) is 1. The zero-order valence-electron chi connectivity index (χ0n) is 7.69. The van der Waals surface area contributed by atoms with Crippen LogP contribution in [0.1, 0.15) is 5.69 Å². The topological polar surface area (TPSA) is 38.1 Å². The van der Waals surface area contributed by atoms with Crippen LogP contribution < -0.4 is 0 Å². The molecule has 2 rings (SSSR count). The quantitative estimate of drug-likeness (QED) is 0.880. The van der Waals surface area contributed by atoms with Crippen LogP contribution in [0.25, 0.3) is 5.69 Å². The number of hydrogen-bond acceptors (Lipinski definition) is 2. The number of rotatable bonds is 2. The normalized spacial score (nSPS) is 10.6. The summed E-state index contributed by atoms with van der Waals surface area (Å²) in [6.07, 6.45) is 0. The Labute approximate surface area is 96.9 Å². The van der Waals surface area contributed by atoms with Crippen molar-refractivity contribution in [3.05, 3.63) is 46.5 Å². The summed E-state index contributed by atoms with van der Waals surface area (Å²) in [7, 11) is 0. The van der Waals surface area contributed by atoms with Crippen molar-refractivity contribution in [2.24, 2.45) is 0 Å². The van der Waals surface area contributed by atoms with E-state index in [4.69, 9.17) is 28.3 Å². The van der Waals surface area contributed by atoms with Gasteiger partial charge in [0.25, 0.3) is 0 Å². The van der Waals surface area contributed by atoms with E-state index >= 15 is 0 Å². The number of halogens is 2. The maximum Gasteiger partial charge on any atom is 0.209 e. The first kappa shape index (κ1) is 10.5. The maximum absolute atomic E-state index is 9.17. The number of aromatic nitrogens is 2. The minimum Gasteiger partial charge on any atom is -0.390 e. The van der Waals surface area contributed by atoms with Crippen LogP contribution in [0, 0.1) is 0 Å². The number of benzene rings is 1. The van der Waals surface area contributed by atoms with Gasteiger partial charge in [-0.1, -0.05) is 29.8 Å². The van der Waals surface area contributed by atoms with E-state index in [1.54, 1.807) is 4.57 Å². The van der Waals surface area contributed by atoms with Gasteiger partial charge in [-0.05, 0) is 23.7 Å². The van der Waals surface area contributed by atoms with Crippen LogP contribution in [0.2, 0.25) is 10.4 Å². The van der Waals surface area contributed by atoms with Gasteiger partial charge in [0.15, 0.2) is 5.15 Å². The van der Waals surface area contributed by atoms with Gasteiger partial charge in [0.05, 0.1) is 12.3 Å². The summed E-state index contributed by atoms with van der Waals surface area (Å²) in [6, 6.07) is 9.38. The molecule has 0 saturated carbocycles. The number of para-hydroxylation sites is 1. The molecule has 78 valence electrons. The first-order valence-corrected chi connectivity index (χ1v) is 5.08. The van der Waals surface area contributed by atoms with Crippen LogP contribution in [0.4, 0.5) is 0 Å². The molecule has 0 bridgehead atoms. The molecule has 0 aliphatic rings. The molecule has 1 N–H and O–H groups in total. The molecule has 0 fully saturated rings. The summed E-state index contributed by atoms with van der Waals surface area (Å²) < 4.78 is 1.61. The standard InChI is InChI=1S/C10H8Cl2N2O/c11-9-8(6-15)14(10(12)13-9)7-4-2-1-3-5-7/h1-5,15H,6H2. The van der Waals surface area contributed by atoms with Crippen LogP contribution >= 0.6 is 23.2 Å². The van der Waals surface area contributed by atoms with Crippen LogP contribution in [0.5, 0.6) is 0 Å². The zero-order valence-corrected chi connectivity index (χ0v) is 9.20. The Bertz CT molecular complexity index is 468. The van der Waals surface area contributed by atoms with Gasteiger partial charge < -0.3 is 5.11 Å². The highest BCUT2D eigenvalue weighted by Crippen LogP contribution is 2.25. The summed E-state index contributed by atoms with van der Waals surface area (Å²) in [5.41, 5.74) is 1.32. The lowest BCUT2D eigenvalue weighted by atomic mass is 10.3. The first-order valence-electron chi connectivity index (χ1n) is 4.33. The highest BCUT2D eigenvalue weighted by Gasteiger charge is 2.14. The molecule has 0 aliphatic carbocycles. The van der Waals surface area contributed by atoms with Gasteiger partial charge in [0, 0.05) is 5.69 Å². The third-order valence-electron chi connectivity index (χ3n) is 2.05. The van der Waals surface area contributed by atoms with Crippen molar-refractivity contribution in [3.8, 4) is 5.69 Å². The molecule has 5 heteroatoms. The average Bonchev–Trinajstić information content (AvgIpc) is 2.54. The van der Waals surface area contributed by atoms with Crippen molar-refractivity contribution in [2.45, 2.75) is 6.61 Å². The molecule has 0 radical (unpaired) electrons. The molecule has 15 heavy (non-hydrogen) atoms. The SMILES string of the molecule is OCc1c(Cl)nc(Cl)n1-c1ccccc1. The lowest BCUT2D eigenvalue weighted by Gasteiger charge is -2.06. The third kappa shape index (κ3) is 1.86. The van der Waals surface area contributed by atoms with Crippen LogP contribution in [-0.2, 0) is 6.61 Å². The molecule has 0 aliphatic heterocycles. The van der Waals surface area contributed by atoms with E-state index in [-0.39, 0.29) is 17.0 Å². The van der Waals surface area contributed by atoms with Crippen LogP contribution in [0.3, 0.4) is 0 Å². The van der Waals surface area contributed by atoms with E-state index in [0.29, 0.717) is 5.69 Å². The van der Waals surface area contributed by atoms with E-state index in [2.05, 4.69) is 4.98 Å². The molecule has 3 nitrogen and oxygen atoms in total. The molecule has 0 atom stereocenters. The fourth-order valence-corrected chi connectivity index (χ4v) is 1.93. The van der Waals surface area contributed by atoms with Crippen molar-refractivity contribution in [3.63, 3.8) is 0 Å². The fourth-order valence-electron chi connectivity index (χ4n) is 1.37. The lowest BCUT2D eigenvalue weighted by molar-refractivity contribution is 0.275. The highest BCUT2D eigenvalue weighted by molar-refractivity contribution is 6.33. The Morgan fingerprint density at radius 2 is 1.87 bits per heavy atom. The Morgan fingerprint density at radius 1 is 1.20 bits per heavy atom. The summed E-state index contributed by atoms with van der Waals surface area (Å²) in [5, 5.41) is 9.64. The summed E-state index contributed by atoms with van der Waals surface area (Å²) in [5.74, 6) is 0. The average molecular weight is 243 g/mol. The first-order chi connectivity index (χ1) is 7.24. The van der Waals surface area contributed by atoms with Gasteiger partial charge in [0.1, 0.15) is 0 Å². The summed E-state index contributed by atoms with van der Waals surface area (Å²) in [4.78, 5) is 3.89. The molecule has 2 aromatic rings. The van der Waals surface area contributed by atoms with Gasteiger partial charge in [0.2, 0.25) is 5.28 Å². The number of imidazole rings is 1. The second-order valence-corrected chi connectivity index (χ2v) is 3.64. The number of aliphatic hydroxyl groups excluding tert-OH is 1. The highest BCUT2D eigenvalue weighted by atomic mass is 35.5. The Hall–Kier alpha value is -1.03. The monoisotopic (exact) mass is 242 g/mol. The van der Waals surface area contributed by atoms with Gasteiger partial charge in [-0.2, -0.15) is 0 Å². The van der Waals surface area contributed by atoms with Gasteiger partial charge in [-0.3, -0.25) is 4.57 Å². The number of aliphatic hydroxyl groups is 1. The minimum absolute atomic E-state index is 0.201. The molecule has 1 heterocycles. The third-order valence-corrected chi connectivity index (χ3v) is 2.60. The minimum atomic E-state index is -0.201. The molecular formula is C10H8Cl2N2O. The molecule has 0 saturated heterocycles. The second kappa shape index (κ2) is 4.23. The van der Waals surface area contributed by atoms with Crippen molar-refractivity contribution in [1.29, 1.82) is 0 Å². The fraction of sp³-hybridized carbons (Fsp3) is 0.100. The van der Waals surface area contributed by atoms with Gasteiger partial charge in [-0.25, -0.2) is 4.98 Å². The number of nitrogens with zero attached hydrogens (tertiary/aromatic N) is 2. The predicted molar refractivity (Wildman–Crippen MR) is 59.5 cm³/mol. The van der Waals surface area contributed by atoms with E-state index < -0.39 is 0 Å². The van der Waals surface area contributed by atoms with Crippen molar-refractivity contribution >= 4 is 23.2 Å². The Kier molecular flexibility index (Phi) is 2.95. The van der Waals surface area contributed by atoms with E-state index in [1.165, 1.54) is 0 Å². The Morgan fingerprint density at radius 3 is 2.47 bits per heavy atom. The largest absolute Gasteiger partial charge is 0.390 e. The van der Waals surface area contributed by atoms with E-state index in [9.17, 15) is 0 Å². The molecular weight excluding hydrogens is 235 g/mol. The lowest BCUT2D eigenvalue weighted by Crippen LogP contribution is -2.00. The van der Waals surface area contributed by atoms with Crippen LogP contribution in [0.15, 0.2) is 30.3 Å². The molecule has 0 amide bonds. The maximum atomic E-state index is 9.17. The zero-order chi connectivity index (χ0) is 10.8. The molecule has 1 aromatic carbocycles. The van der Waals surface area contributed by atoms with Gasteiger partial charge >= 0.3 is 0 Å². The second-order valence-electron chi connectivity index (χ2n) is 2.95. The van der Waals surface area contributed by atoms with Crippen LogP contribution in [-0.4, -0.2) is 14.7 Å². The van der Waals surface area contributed by atoms with E-state index in [1.807, 2.05) is 30.3 Å². The Balaban J connectivity index is 2.62. The predicted octanol–water partition coefficient (Wildman–Crippen LogP) is 2.67. The summed E-state index contributed by atoms with van der Waals surface area (Å²) in [6.45, 7) is -0.201. The molecule has 0 unspecified atom stereocenters. The van der Waals surface area contributed by atoms with Gasteiger partial charge in [-0.15, -0.1) is 0 Å². The van der Waals surface area contributed by atoms with E-state index in [0.717, 1.165) is 5.69 Å². The van der Waals surface area contributed by atoms with Crippen molar-refractivity contribution in [1.82, 2.24) is 9.55 Å².